The Kier molecular flexibility index (Phi) is 10.2. The third kappa shape index (κ3) is 7.62. The Morgan fingerprint density at radius 3 is 2.47 bits per heavy atom. The number of nitrogens with one attached hydrogen (secondary N) is 1. The zero-order chi connectivity index (χ0) is 33.7. The Labute approximate surface area is 282 Å². The lowest BCUT2D eigenvalue weighted by Crippen LogP contribution is -2.37. The van der Waals surface area contributed by atoms with E-state index >= 15 is 0 Å². The maximum atomic E-state index is 13.0. The molecule has 0 fully saturated rings. The lowest BCUT2D eigenvalue weighted by molar-refractivity contribution is -0.122. The number of likely N-dealkylation sites (N-methyl/N-ethyl adjacent to an activating group) is 1. The zero-order valence-corrected chi connectivity index (χ0v) is 27.7. The van der Waals surface area contributed by atoms with E-state index in [0.29, 0.717) is 33.1 Å². The number of hydrogen-bond donors (Lipinski definition) is 1. The predicted molar refractivity (Wildman–Crippen MR) is 184 cm³/mol. The van der Waals surface area contributed by atoms with Crippen LogP contribution in [0.2, 0.25) is 10.0 Å². The molecule has 0 aliphatic rings. The van der Waals surface area contributed by atoms with Crippen LogP contribution in [0.1, 0.15) is 27.2 Å². The minimum absolute atomic E-state index is 0.0190. The Morgan fingerprint density at radius 2 is 1.77 bits per heavy atom. The molecule has 5 rings (SSSR count). The Bertz CT molecular complexity index is 1980. The van der Waals surface area contributed by atoms with Crippen molar-refractivity contribution in [3.05, 3.63) is 118 Å². The summed E-state index contributed by atoms with van der Waals surface area (Å²) in [5.41, 5.74) is 4.51. The maximum Gasteiger partial charge on any atom is 0.253 e. The number of anilines is 1. The summed E-state index contributed by atoms with van der Waals surface area (Å²) >= 11 is 13.3. The zero-order valence-electron chi connectivity index (χ0n) is 26.2. The second kappa shape index (κ2) is 14.5. The number of fused-ring (bicyclic) bond motifs is 1. The van der Waals surface area contributed by atoms with Gasteiger partial charge in [-0.1, -0.05) is 47.5 Å². The molecule has 1 N–H and O–H groups in total. The van der Waals surface area contributed by atoms with Crippen molar-refractivity contribution in [2.24, 2.45) is 0 Å². The van der Waals surface area contributed by atoms with E-state index in [0.717, 1.165) is 22.3 Å². The number of halogens is 2. The third-order valence-electron chi connectivity index (χ3n) is 7.34. The number of amides is 3. The van der Waals surface area contributed by atoms with Crippen molar-refractivity contribution in [2.75, 3.05) is 32.6 Å². The summed E-state index contributed by atoms with van der Waals surface area (Å²) in [6.07, 6.45) is 6.50. The second-order valence-electron chi connectivity index (χ2n) is 10.9. The van der Waals surface area contributed by atoms with Crippen LogP contribution in [0.4, 0.5) is 5.69 Å². The van der Waals surface area contributed by atoms with Crippen molar-refractivity contribution in [1.82, 2.24) is 25.0 Å². The fourth-order valence-corrected chi connectivity index (χ4v) is 5.42. The van der Waals surface area contributed by atoms with Crippen molar-refractivity contribution in [3.63, 3.8) is 0 Å². The number of para-hydroxylation sites is 1. The van der Waals surface area contributed by atoms with E-state index in [1.54, 1.807) is 74.5 Å². The molecule has 12 heteroatoms. The summed E-state index contributed by atoms with van der Waals surface area (Å²) in [7, 11) is 4.92. The summed E-state index contributed by atoms with van der Waals surface area (Å²) in [5, 5.41) is 8.44. The molecule has 2 heterocycles. The topological polar surface area (TPSA) is 110 Å². The third-order valence-corrected chi connectivity index (χ3v) is 8.11. The van der Waals surface area contributed by atoms with Gasteiger partial charge in [0.15, 0.2) is 0 Å². The molecule has 47 heavy (non-hydrogen) atoms. The first-order valence-corrected chi connectivity index (χ1v) is 15.3. The molecule has 3 amide bonds. The van der Waals surface area contributed by atoms with Crippen LogP contribution < -0.4 is 15.0 Å². The highest BCUT2D eigenvalue weighted by molar-refractivity contribution is 6.38. The van der Waals surface area contributed by atoms with Gasteiger partial charge < -0.3 is 19.9 Å². The quantitative estimate of drug-likeness (QED) is 0.180. The van der Waals surface area contributed by atoms with Gasteiger partial charge in [-0.05, 0) is 61.0 Å². The van der Waals surface area contributed by atoms with Crippen LogP contribution in [-0.4, -0.2) is 65.1 Å². The number of aryl methyl sites for hydroxylation is 1. The molecule has 0 spiro atoms. The van der Waals surface area contributed by atoms with Crippen molar-refractivity contribution in [1.29, 1.82) is 0 Å². The second-order valence-corrected chi connectivity index (χ2v) is 11.6. The van der Waals surface area contributed by atoms with Gasteiger partial charge >= 0.3 is 0 Å². The van der Waals surface area contributed by atoms with Gasteiger partial charge in [0.2, 0.25) is 11.8 Å². The van der Waals surface area contributed by atoms with E-state index in [-0.39, 0.29) is 24.1 Å². The highest BCUT2D eigenvalue weighted by Gasteiger charge is 2.20. The summed E-state index contributed by atoms with van der Waals surface area (Å²) in [6, 6.07) is 19.6. The molecule has 0 saturated carbocycles. The summed E-state index contributed by atoms with van der Waals surface area (Å²) in [4.78, 5) is 45.1. The smallest absolute Gasteiger partial charge is 0.253 e. The fourth-order valence-electron chi connectivity index (χ4n) is 4.81. The Hall–Kier alpha value is -5.19. The predicted octanol–water partition coefficient (Wildman–Crippen LogP) is 6.11. The number of aromatic nitrogens is 3. The number of carbonyl (C=O) groups excluding carboxylic acids is 3. The molecule has 0 bridgehead atoms. The minimum atomic E-state index is -0.453. The average Bonchev–Trinajstić information content (AvgIpc) is 3.60. The van der Waals surface area contributed by atoms with E-state index in [1.807, 2.05) is 43.5 Å². The molecule has 5 aromatic rings. The van der Waals surface area contributed by atoms with Crippen molar-refractivity contribution >= 4 is 63.6 Å². The summed E-state index contributed by atoms with van der Waals surface area (Å²) < 4.78 is 7.99. The first-order valence-electron chi connectivity index (χ1n) is 14.6. The molecule has 240 valence electrons. The van der Waals surface area contributed by atoms with Gasteiger partial charge in [-0.2, -0.15) is 5.10 Å². The summed E-state index contributed by atoms with van der Waals surface area (Å²) in [6.45, 7) is 1.66. The lowest BCUT2D eigenvalue weighted by Gasteiger charge is -2.21. The van der Waals surface area contributed by atoms with Gasteiger partial charge in [0, 0.05) is 66.8 Å². The molecule has 3 aromatic carbocycles. The fraction of sp³-hybridized carbons (Fsp3) is 0.171. The summed E-state index contributed by atoms with van der Waals surface area (Å²) in [5.74, 6) is -0.422. The molecule has 0 saturated heterocycles. The molecule has 0 unspecified atom stereocenters. The van der Waals surface area contributed by atoms with Crippen molar-refractivity contribution in [2.45, 2.75) is 13.5 Å². The van der Waals surface area contributed by atoms with Crippen LogP contribution in [0.25, 0.3) is 22.7 Å². The molecule has 2 aromatic heterocycles. The monoisotopic (exact) mass is 670 g/mol. The van der Waals surface area contributed by atoms with Gasteiger partial charge in [-0.3, -0.25) is 14.4 Å². The van der Waals surface area contributed by atoms with E-state index in [1.165, 1.54) is 15.9 Å². The van der Waals surface area contributed by atoms with Gasteiger partial charge in [-0.15, -0.1) is 0 Å². The van der Waals surface area contributed by atoms with Gasteiger partial charge in [0.1, 0.15) is 17.9 Å². The molecular weight excluding hydrogens is 639 g/mol. The number of pyridine rings is 1. The van der Waals surface area contributed by atoms with Crippen molar-refractivity contribution < 1.29 is 19.1 Å². The Balaban J connectivity index is 1.24. The van der Waals surface area contributed by atoms with E-state index < -0.39 is 11.8 Å². The first-order chi connectivity index (χ1) is 22.5. The lowest BCUT2D eigenvalue weighted by atomic mass is 10.1. The molecule has 0 aliphatic carbocycles. The van der Waals surface area contributed by atoms with Crippen LogP contribution in [-0.2, 0) is 16.2 Å². The van der Waals surface area contributed by atoms with Crippen molar-refractivity contribution in [3.8, 4) is 11.4 Å². The first kappa shape index (κ1) is 33.2. The standard InChI is InChI=1S/C35H32Cl2N6O4/c1-22-19-29(43-18-6-17-39-43)25-7-5-8-30(34(25)40-22)47-21-26-27(36)14-15-28(33(26)37)42(4)32(45)20-38-31(44)16-11-23-9-12-24(13-10-23)35(46)41(2)3/h5-19H,20-21H2,1-4H3,(H,38,44). The van der Waals surface area contributed by atoms with Gasteiger partial charge in [0.05, 0.1) is 22.9 Å². The normalized spacial score (nSPS) is 11.1. The number of nitrogens with zero attached hydrogens (tertiary/aromatic N) is 5. The highest BCUT2D eigenvalue weighted by atomic mass is 35.5. The van der Waals surface area contributed by atoms with Gasteiger partial charge in [0.25, 0.3) is 5.91 Å². The largest absolute Gasteiger partial charge is 0.487 e. The number of rotatable bonds is 10. The van der Waals surface area contributed by atoms with E-state index in [9.17, 15) is 14.4 Å². The molecular formula is C35H32Cl2N6O4. The number of carbonyl (C=O) groups is 3. The average molecular weight is 672 g/mol. The highest BCUT2D eigenvalue weighted by Crippen LogP contribution is 2.36. The maximum absolute atomic E-state index is 13.0. The number of hydrogen-bond acceptors (Lipinski definition) is 6. The Morgan fingerprint density at radius 1 is 1.00 bits per heavy atom. The van der Waals surface area contributed by atoms with Crippen LogP contribution >= 0.6 is 23.2 Å². The van der Waals surface area contributed by atoms with Crippen LogP contribution in [0.3, 0.4) is 0 Å². The molecule has 0 atom stereocenters. The van der Waals surface area contributed by atoms with E-state index in [4.69, 9.17) is 32.9 Å². The molecule has 0 aliphatic heterocycles. The van der Waals surface area contributed by atoms with Gasteiger partial charge in [-0.25, -0.2) is 9.67 Å². The van der Waals surface area contributed by atoms with Crippen LogP contribution in [0, 0.1) is 6.92 Å². The number of ether oxygens (including phenoxy) is 1. The minimum Gasteiger partial charge on any atom is -0.487 e. The van der Waals surface area contributed by atoms with E-state index in [2.05, 4.69) is 10.4 Å². The number of benzene rings is 3. The van der Waals surface area contributed by atoms with Crippen LogP contribution in [0.5, 0.6) is 5.75 Å². The SMILES string of the molecule is Cc1cc(-n2cccn2)c2cccc(OCc3c(Cl)ccc(N(C)C(=O)CNC(=O)C=Cc4ccc(C(=O)N(C)C)cc4)c3Cl)c2n1. The molecule has 0 radical (unpaired) electrons. The van der Waals surface area contributed by atoms with Crippen LogP contribution in [0.15, 0.2) is 85.2 Å². The molecule has 10 nitrogen and oxygen atoms in total.